The first kappa shape index (κ1) is 19.3. The van der Waals surface area contributed by atoms with E-state index in [0.29, 0.717) is 23.3 Å². The zero-order chi connectivity index (χ0) is 19.2. The summed E-state index contributed by atoms with van der Waals surface area (Å²) in [6.45, 7) is 3.73. The van der Waals surface area contributed by atoms with Gasteiger partial charge in [0, 0.05) is 43.8 Å². The van der Waals surface area contributed by atoms with E-state index in [1.807, 2.05) is 17.0 Å². The lowest BCUT2D eigenvalue weighted by Gasteiger charge is -2.33. The molecule has 1 aromatic carbocycles. The van der Waals surface area contributed by atoms with Gasteiger partial charge in [-0.05, 0) is 24.3 Å². The molecule has 1 aliphatic rings. The van der Waals surface area contributed by atoms with E-state index in [1.54, 1.807) is 12.1 Å². The zero-order valence-corrected chi connectivity index (χ0v) is 15.7. The van der Waals surface area contributed by atoms with Crippen LogP contribution in [0.4, 0.5) is 4.79 Å². The van der Waals surface area contributed by atoms with Crippen molar-refractivity contribution < 1.29 is 14.1 Å². The van der Waals surface area contributed by atoms with Crippen molar-refractivity contribution in [2.75, 3.05) is 39.8 Å². The lowest BCUT2D eigenvalue weighted by Crippen LogP contribution is -2.50. The first-order valence-electron chi connectivity index (χ1n) is 8.58. The Morgan fingerprint density at radius 2 is 1.81 bits per heavy atom. The molecular weight excluding hydrogens is 372 g/mol. The summed E-state index contributed by atoms with van der Waals surface area (Å²) in [6, 6.07) is 6.77. The maximum Gasteiger partial charge on any atom is 0.321 e. The van der Waals surface area contributed by atoms with Crippen LogP contribution in [0.1, 0.15) is 5.89 Å². The molecule has 3 amide bonds. The quantitative estimate of drug-likeness (QED) is 0.781. The average Bonchev–Trinajstić information content (AvgIpc) is 3.12. The number of nitrogens with one attached hydrogen (secondary N) is 2. The van der Waals surface area contributed by atoms with Crippen molar-refractivity contribution in [3.8, 4) is 11.4 Å². The Morgan fingerprint density at radius 3 is 2.48 bits per heavy atom. The Morgan fingerprint density at radius 1 is 1.15 bits per heavy atom. The summed E-state index contributed by atoms with van der Waals surface area (Å²) in [5.74, 6) is 0.768. The van der Waals surface area contributed by atoms with Gasteiger partial charge in [0.15, 0.2) is 0 Å². The Balaban J connectivity index is 1.46. The minimum atomic E-state index is -0.494. The summed E-state index contributed by atoms with van der Waals surface area (Å²) >= 11 is 5.89. The molecule has 0 spiro atoms. The summed E-state index contributed by atoms with van der Waals surface area (Å²) < 4.78 is 5.34. The van der Waals surface area contributed by atoms with Crippen LogP contribution in [0.25, 0.3) is 11.4 Å². The van der Waals surface area contributed by atoms with E-state index in [9.17, 15) is 9.59 Å². The number of carbonyl (C=O) groups excluding carboxylic acids is 2. The zero-order valence-electron chi connectivity index (χ0n) is 14.9. The molecule has 3 rings (SSSR count). The number of urea groups is 1. The third kappa shape index (κ3) is 5.49. The molecule has 144 valence electrons. The van der Waals surface area contributed by atoms with E-state index < -0.39 is 6.03 Å². The molecule has 1 fully saturated rings. The van der Waals surface area contributed by atoms with Crippen LogP contribution in [0.15, 0.2) is 28.8 Å². The average molecular weight is 393 g/mol. The van der Waals surface area contributed by atoms with Crippen LogP contribution in [0.5, 0.6) is 0 Å². The lowest BCUT2D eigenvalue weighted by atomic mass is 10.2. The summed E-state index contributed by atoms with van der Waals surface area (Å²) in [4.78, 5) is 31.5. The molecule has 0 unspecified atom stereocenters. The van der Waals surface area contributed by atoms with Crippen LogP contribution in [0, 0.1) is 0 Å². The number of amides is 3. The fraction of sp³-hybridized carbons (Fsp3) is 0.412. The van der Waals surface area contributed by atoms with Gasteiger partial charge in [0.05, 0.1) is 13.1 Å². The molecular formula is C17H21ClN6O3. The van der Waals surface area contributed by atoms with Crippen LogP contribution < -0.4 is 10.6 Å². The molecule has 2 aromatic rings. The van der Waals surface area contributed by atoms with Crippen LogP contribution in [-0.4, -0.2) is 71.7 Å². The van der Waals surface area contributed by atoms with E-state index in [1.165, 1.54) is 7.05 Å². The van der Waals surface area contributed by atoms with Crippen molar-refractivity contribution in [1.82, 2.24) is 30.6 Å². The summed E-state index contributed by atoms with van der Waals surface area (Å²) in [7, 11) is 1.47. The monoisotopic (exact) mass is 392 g/mol. The van der Waals surface area contributed by atoms with Crippen LogP contribution in [-0.2, 0) is 11.3 Å². The molecule has 0 atom stereocenters. The molecule has 0 aliphatic carbocycles. The second-order valence-corrected chi connectivity index (χ2v) is 6.63. The number of carbonyl (C=O) groups is 2. The predicted molar refractivity (Wildman–Crippen MR) is 99.1 cm³/mol. The van der Waals surface area contributed by atoms with Gasteiger partial charge in [-0.15, -0.1) is 0 Å². The Hall–Kier alpha value is -2.49. The Labute approximate surface area is 161 Å². The van der Waals surface area contributed by atoms with Crippen molar-refractivity contribution in [2.45, 2.75) is 6.54 Å². The lowest BCUT2D eigenvalue weighted by molar-refractivity contribution is -0.121. The highest BCUT2D eigenvalue weighted by molar-refractivity contribution is 6.30. The van der Waals surface area contributed by atoms with Gasteiger partial charge >= 0.3 is 6.03 Å². The molecule has 9 nitrogen and oxygen atoms in total. The third-order valence-electron chi connectivity index (χ3n) is 4.24. The highest BCUT2D eigenvalue weighted by Crippen LogP contribution is 2.19. The fourth-order valence-electron chi connectivity index (χ4n) is 2.76. The van der Waals surface area contributed by atoms with Gasteiger partial charge in [0.25, 0.3) is 0 Å². The number of benzene rings is 1. The normalized spacial score (nSPS) is 15.5. The van der Waals surface area contributed by atoms with E-state index in [-0.39, 0.29) is 12.5 Å². The molecule has 10 heteroatoms. The topological polar surface area (TPSA) is 104 Å². The van der Waals surface area contributed by atoms with Gasteiger partial charge in [-0.2, -0.15) is 4.98 Å². The van der Waals surface area contributed by atoms with Gasteiger partial charge in [-0.25, -0.2) is 4.79 Å². The van der Waals surface area contributed by atoms with E-state index in [4.69, 9.17) is 16.1 Å². The summed E-state index contributed by atoms with van der Waals surface area (Å²) in [6.07, 6.45) is 0. The SMILES string of the molecule is CNC(=O)NC(=O)CN1CCN(Cc2nc(-c3ccc(Cl)cc3)no2)CC1. The second-order valence-electron chi connectivity index (χ2n) is 6.20. The Kier molecular flexibility index (Phi) is 6.38. The van der Waals surface area contributed by atoms with Crippen LogP contribution in [0.2, 0.25) is 5.02 Å². The summed E-state index contributed by atoms with van der Waals surface area (Å²) in [5, 5.41) is 9.29. The predicted octanol–water partition coefficient (Wildman–Crippen LogP) is 0.963. The van der Waals surface area contributed by atoms with Crippen LogP contribution >= 0.6 is 11.6 Å². The van der Waals surface area contributed by atoms with E-state index >= 15 is 0 Å². The van der Waals surface area contributed by atoms with Crippen LogP contribution in [0.3, 0.4) is 0 Å². The fourth-order valence-corrected chi connectivity index (χ4v) is 2.89. The van der Waals surface area contributed by atoms with Gasteiger partial charge in [-0.1, -0.05) is 16.8 Å². The van der Waals surface area contributed by atoms with Crippen molar-refractivity contribution in [3.05, 3.63) is 35.2 Å². The molecule has 0 bridgehead atoms. The van der Waals surface area contributed by atoms with Crippen molar-refractivity contribution in [1.29, 1.82) is 0 Å². The number of halogens is 1. The molecule has 1 aliphatic heterocycles. The van der Waals surface area contributed by atoms with E-state index in [2.05, 4.69) is 25.7 Å². The highest BCUT2D eigenvalue weighted by Gasteiger charge is 2.21. The molecule has 1 aromatic heterocycles. The molecule has 0 saturated carbocycles. The molecule has 27 heavy (non-hydrogen) atoms. The number of imide groups is 1. The standard InChI is InChI=1S/C17H21ClN6O3/c1-19-17(26)20-14(25)10-23-6-8-24(9-7-23)11-15-21-16(22-27-15)12-2-4-13(18)5-3-12/h2-5H,6-11H2,1H3,(H2,19,20,25,26). The first-order valence-corrected chi connectivity index (χ1v) is 8.96. The molecule has 1 saturated heterocycles. The van der Waals surface area contributed by atoms with Gasteiger partial charge in [0.2, 0.25) is 17.6 Å². The highest BCUT2D eigenvalue weighted by atomic mass is 35.5. The smallest absolute Gasteiger partial charge is 0.321 e. The van der Waals surface area contributed by atoms with Crippen molar-refractivity contribution >= 4 is 23.5 Å². The van der Waals surface area contributed by atoms with Crippen molar-refractivity contribution in [2.24, 2.45) is 0 Å². The summed E-state index contributed by atoms with van der Waals surface area (Å²) in [5.41, 5.74) is 0.848. The van der Waals surface area contributed by atoms with Gasteiger partial charge in [-0.3, -0.25) is 19.9 Å². The second kappa shape index (κ2) is 8.94. The number of piperazine rings is 1. The number of hydrogen-bond acceptors (Lipinski definition) is 7. The van der Waals surface area contributed by atoms with Crippen molar-refractivity contribution in [3.63, 3.8) is 0 Å². The van der Waals surface area contributed by atoms with E-state index in [0.717, 1.165) is 31.7 Å². The third-order valence-corrected chi connectivity index (χ3v) is 4.49. The number of nitrogens with zero attached hydrogens (tertiary/aromatic N) is 4. The maximum absolute atomic E-state index is 11.7. The number of aromatic nitrogens is 2. The largest absolute Gasteiger partial charge is 0.341 e. The van der Waals surface area contributed by atoms with Gasteiger partial charge in [0.1, 0.15) is 0 Å². The number of rotatable bonds is 5. The minimum Gasteiger partial charge on any atom is -0.341 e. The maximum atomic E-state index is 11.7. The molecule has 0 radical (unpaired) electrons. The van der Waals surface area contributed by atoms with Gasteiger partial charge < -0.3 is 9.84 Å². The molecule has 2 N–H and O–H groups in total. The first-order chi connectivity index (χ1) is 13.0. The minimum absolute atomic E-state index is 0.197. The number of hydrogen-bond donors (Lipinski definition) is 2. The molecule has 2 heterocycles. The Bertz CT molecular complexity index is 786.